The molecule has 1 N–H and O–H groups in total. The molecule has 0 aliphatic carbocycles. The Labute approximate surface area is 130 Å². The van der Waals surface area contributed by atoms with Crippen molar-refractivity contribution < 1.29 is 4.79 Å². The van der Waals surface area contributed by atoms with Gasteiger partial charge in [-0.3, -0.25) is 4.79 Å². The van der Waals surface area contributed by atoms with E-state index >= 15 is 0 Å². The Hall–Kier alpha value is -2.55. The third-order valence-corrected chi connectivity index (χ3v) is 3.89. The Morgan fingerprint density at radius 2 is 1.91 bits per heavy atom. The van der Waals surface area contributed by atoms with Crippen LogP contribution in [0.4, 0.5) is 0 Å². The highest BCUT2D eigenvalue weighted by Gasteiger charge is 2.08. The molecule has 3 aromatic rings. The second kappa shape index (κ2) is 6.06. The number of hydrogen-bond donors (Lipinski definition) is 1. The highest BCUT2D eigenvalue weighted by atomic mass is 16.1. The summed E-state index contributed by atoms with van der Waals surface area (Å²) in [7, 11) is 0. The quantitative estimate of drug-likeness (QED) is 0.776. The number of nitrogens with one attached hydrogen (secondary N) is 1. The lowest BCUT2D eigenvalue weighted by Gasteiger charge is -2.02. The van der Waals surface area contributed by atoms with Crippen LogP contribution in [0.3, 0.4) is 0 Å². The first kappa shape index (κ1) is 14.4. The van der Waals surface area contributed by atoms with Crippen molar-refractivity contribution in [2.45, 2.75) is 20.4 Å². The molecule has 1 heterocycles. The van der Waals surface area contributed by atoms with Crippen LogP contribution in [0.5, 0.6) is 0 Å². The summed E-state index contributed by atoms with van der Waals surface area (Å²) in [5, 5.41) is 5.33. The number of hydrogen-bond acceptors (Lipinski definition) is 1. The van der Waals surface area contributed by atoms with Crippen LogP contribution in [-0.2, 0) is 11.3 Å². The number of carbonyl (C=O) groups is 1. The van der Waals surface area contributed by atoms with Crippen LogP contribution in [0.2, 0.25) is 0 Å². The topological polar surface area (TPSA) is 34.0 Å². The summed E-state index contributed by atoms with van der Waals surface area (Å²) in [6.45, 7) is 5.22. The van der Waals surface area contributed by atoms with Crippen molar-refractivity contribution in [3.63, 3.8) is 0 Å². The number of fused-ring (bicyclic) bond motifs is 3. The van der Waals surface area contributed by atoms with Gasteiger partial charge < -0.3 is 9.88 Å². The maximum Gasteiger partial charge on any atom is 0.217 e. The van der Waals surface area contributed by atoms with E-state index in [4.69, 9.17) is 0 Å². The predicted molar refractivity (Wildman–Crippen MR) is 92.8 cm³/mol. The summed E-state index contributed by atoms with van der Waals surface area (Å²) in [5.41, 5.74) is 3.69. The normalized spacial score (nSPS) is 11.5. The predicted octanol–water partition coefficient (Wildman–Crippen LogP) is 3.96. The second-order valence-electron chi connectivity index (χ2n) is 5.38. The molecule has 0 saturated carbocycles. The number of carbonyl (C=O) groups excluding carboxylic acids is 1. The first-order valence-electron chi connectivity index (χ1n) is 7.62. The lowest BCUT2D eigenvalue weighted by Crippen LogP contribution is -2.19. The van der Waals surface area contributed by atoms with Gasteiger partial charge in [-0.15, -0.1) is 0 Å². The molecule has 0 aliphatic rings. The molecule has 0 radical (unpaired) electrons. The maximum atomic E-state index is 10.9. The Balaban J connectivity index is 2.02. The molecule has 3 rings (SSSR count). The molecule has 1 amide bonds. The van der Waals surface area contributed by atoms with Gasteiger partial charge in [-0.25, -0.2) is 0 Å². The molecule has 112 valence electrons. The summed E-state index contributed by atoms with van der Waals surface area (Å²) in [6.07, 6.45) is 4.02. The minimum absolute atomic E-state index is 0.00822. The second-order valence-corrected chi connectivity index (χ2v) is 5.38. The lowest BCUT2D eigenvalue weighted by atomic mass is 10.1. The molecule has 0 aliphatic heterocycles. The third kappa shape index (κ3) is 2.62. The third-order valence-electron chi connectivity index (χ3n) is 3.89. The van der Waals surface area contributed by atoms with Crippen molar-refractivity contribution in [3.8, 4) is 0 Å². The number of rotatable bonds is 4. The monoisotopic (exact) mass is 292 g/mol. The van der Waals surface area contributed by atoms with Gasteiger partial charge in [-0.1, -0.05) is 36.4 Å². The highest BCUT2D eigenvalue weighted by molar-refractivity contribution is 6.08. The van der Waals surface area contributed by atoms with Crippen molar-refractivity contribution in [1.29, 1.82) is 0 Å². The average molecular weight is 292 g/mol. The zero-order chi connectivity index (χ0) is 15.5. The van der Waals surface area contributed by atoms with E-state index < -0.39 is 0 Å². The smallest absolute Gasteiger partial charge is 0.217 e. The van der Waals surface area contributed by atoms with Gasteiger partial charge in [0.2, 0.25) is 5.91 Å². The standard InChI is InChI=1S/C19H20N2O/c1-3-21-18-9-5-4-8-16(18)17-13-15(10-11-19(17)21)7-6-12-20-14(2)22/h4-11,13H,3,12H2,1-2H3,(H,20,22). The van der Waals surface area contributed by atoms with Gasteiger partial charge >= 0.3 is 0 Å². The van der Waals surface area contributed by atoms with Crippen molar-refractivity contribution in [2.24, 2.45) is 0 Å². The molecule has 0 fully saturated rings. The number of benzene rings is 2. The zero-order valence-corrected chi connectivity index (χ0v) is 13.0. The fraction of sp³-hybridized carbons (Fsp3) is 0.211. The summed E-state index contributed by atoms with van der Waals surface area (Å²) < 4.78 is 2.34. The van der Waals surface area contributed by atoms with E-state index in [9.17, 15) is 4.79 Å². The first-order chi connectivity index (χ1) is 10.7. The Morgan fingerprint density at radius 3 is 2.68 bits per heavy atom. The van der Waals surface area contributed by atoms with E-state index in [-0.39, 0.29) is 5.91 Å². The van der Waals surface area contributed by atoms with Gasteiger partial charge in [0.15, 0.2) is 0 Å². The average Bonchev–Trinajstić information content (AvgIpc) is 2.84. The summed E-state index contributed by atoms with van der Waals surface area (Å²) in [6, 6.07) is 15.0. The Kier molecular flexibility index (Phi) is 3.96. The van der Waals surface area contributed by atoms with E-state index in [1.54, 1.807) is 0 Å². The summed E-state index contributed by atoms with van der Waals surface area (Å²) in [5.74, 6) is -0.00822. The molecular weight excluding hydrogens is 272 g/mol. The number of para-hydroxylation sites is 1. The van der Waals surface area contributed by atoms with Crippen molar-refractivity contribution >= 4 is 33.8 Å². The van der Waals surface area contributed by atoms with Gasteiger partial charge in [-0.2, -0.15) is 0 Å². The maximum absolute atomic E-state index is 10.9. The molecule has 0 saturated heterocycles. The van der Waals surface area contributed by atoms with Crippen molar-refractivity contribution in [3.05, 3.63) is 54.1 Å². The SMILES string of the molecule is CCn1c2ccccc2c2cc(C=CCNC(C)=O)ccc21. The van der Waals surface area contributed by atoms with Crippen LogP contribution in [0.15, 0.2) is 48.5 Å². The highest BCUT2D eigenvalue weighted by Crippen LogP contribution is 2.29. The molecule has 2 aromatic carbocycles. The van der Waals surface area contributed by atoms with E-state index in [0.29, 0.717) is 6.54 Å². The molecule has 0 atom stereocenters. The number of aryl methyl sites for hydroxylation is 1. The molecular formula is C19H20N2O. The molecule has 0 bridgehead atoms. The first-order valence-corrected chi connectivity index (χ1v) is 7.62. The molecule has 3 nitrogen and oxygen atoms in total. The number of nitrogens with zero attached hydrogens (tertiary/aromatic N) is 1. The van der Waals surface area contributed by atoms with Crippen LogP contribution >= 0.6 is 0 Å². The molecule has 1 aromatic heterocycles. The number of aromatic nitrogens is 1. The molecule has 3 heteroatoms. The van der Waals surface area contributed by atoms with Crippen LogP contribution in [0, 0.1) is 0 Å². The minimum Gasteiger partial charge on any atom is -0.353 e. The van der Waals surface area contributed by atoms with Crippen LogP contribution in [-0.4, -0.2) is 17.0 Å². The fourth-order valence-corrected chi connectivity index (χ4v) is 2.91. The molecule has 22 heavy (non-hydrogen) atoms. The summed E-state index contributed by atoms with van der Waals surface area (Å²) >= 11 is 0. The van der Waals surface area contributed by atoms with Gasteiger partial charge in [0, 0.05) is 41.8 Å². The molecule has 0 unspecified atom stereocenters. The van der Waals surface area contributed by atoms with Gasteiger partial charge in [0.05, 0.1) is 0 Å². The van der Waals surface area contributed by atoms with Crippen LogP contribution < -0.4 is 5.32 Å². The lowest BCUT2D eigenvalue weighted by molar-refractivity contribution is -0.118. The Morgan fingerprint density at radius 1 is 1.14 bits per heavy atom. The van der Waals surface area contributed by atoms with E-state index in [0.717, 1.165) is 12.1 Å². The van der Waals surface area contributed by atoms with Crippen molar-refractivity contribution in [2.75, 3.05) is 6.54 Å². The summed E-state index contributed by atoms with van der Waals surface area (Å²) in [4.78, 5) is 10.9. The van der Waals surface area contributed by atoms with Gasteiger partial charge in [0.1, 0.15) is 0 Å². The van der Waals surface area contributed by atoms with E-state index in [2.05, 4.69) is 59.3 Å². The van der Waals surface area contributed by atoms with Gasteiger partial charge in [0.25, 0.3) is 0 Å². The van der Waals surface area contributed by atoms with Crippen molar-refractivity contribution in [1.82, 2.24) is 9.88 Å². The number of amides is 1. The largest absolute Gasteiger partial charge is 0.353 e. The fourth-order valence-electron chi connectivity index (χ4n) is 2.91. The molecule has 0 spiro atoms. The van der Waals surface area contributed by atoms with Gasteiger partial charge in [-0.05, 0) is 30.7 Å². The van der Waals surface area contributed by atoms with E-state index in [1.807, 2.05) is 12.2 Å². The van der Waals surface area contributed by atoms with E-state index in [1.165, 1.54) is 28.7 Å². The zero-order valence-electron chi connectivity index (χ0n) is 13.0. The Bertz CT molecular complexity index is 858. The van der Waals surface area contributed by atoms with Crippen LogP contribution in [0.1, 0.15) is 19.4 Å². The van der Waals surface area contributed by atoms with Crippen LogP contribution in [0.25, 0.3) is 27.9 Å². The minimum atomic E-state index is -0.00822.